The summed E-state index contributed by atoms with van der Waals surface area (Å²) in [5.74, 6) is 0.409. The largest absolute Gasteiger partial charge is 0.345 e. The highest BCUT2D eigenvalue weighted by atomic mass is 16.1. The third-order valence-electron chi connectivity index (χ3n) is 4.74. The third kappa shape index (κ3) is 3.99. The Bertz CT molecular complexity index is 587. The Morgan fingerprint density at radius 2 is 1.57 bits per heavy atom. The zero-order chi connectivity index (χ0) is 16.1. The van der Waals surface area contributed by atoms with Crippen molar-refractivity contribution in [2.75, 3.05) is 0 Å². The van der Waals surface area contributed by atoms with Gasteiger partial charge in [-0.2, -0.15) is 0 Å². The van der Waals surface area contributed by atoms with Crippen molar-refractivity contribution in [2.45, 2.75) is 37.8 Å². The van der Waals surface area contributed by atoms with E-state index in [-0.39, 0.29) is 18.0 Å². The van der Waals surface area contributed by atoms with Crippen molar-refractivity contribution in [1.29, 1.82) is 0 Å². The molecular weight excluding hydrogens is 284 g/mol. The van der Waals surface area contributed by atoms with Crippen LogP contribution in [0.5, 0.6) is 0 Å². The Labute approximate surface area is 137 Å². The van der Waals surface area contributed by atoms with Gasteiger partial charge in [0.05, 0.1) is 6.04 Å². The summed E-state index contributed by atoms with van der Waals surface area (Å²) < 4.78 is 0. The van der Waals surface area contributed by atoms with Crippen molar-refractivity contribution in [3.05, 3.63) is 71.8 Å². The minimum Gasteiger partial charge on any atom is -0.345 e. The molecule has 0 heterocycles. The molecule has 3 rings (SSSR count). The highest BCUT2D eigenvalue weighted by molar-refractivity contribution is 5.77. The van der Waals surface area contributed by atoms with Crippen molar-refractivity contribution in [3.63, 3.8) is 0 Å². The standard InChI is InChI=1S/C20H24N2O/c21-18-13-7-12-17(18)14-19(23)22-20(15-8-3-1-4-9-15)16-10-5-2-6-11-16/h1-6,8-11,17-18,20H,7,12-14,21H2,(H,22,23)/t17-,18+/m0/s1. The summed E-state index contributed by atoms with van der Waals surface area (Å²) in [6.07, 6.45) is 3.77. The van der Waals surface area contributed by atoms with Crippen LogP contribution in [-0.4, -0.2) is 11.9 Å². The van der Waals surface area contributed by atoms with Gasteiger partial charge in [-0.15, -0.1) is 0 Å². The first-order valence-electron chi connectivity index (χ1n) is 8.39. The van der Waals surface area contributed by atoms with E-state index in [0.717, 1.165) is 30.4 Å². The van der Waals surface area contributed by atoms with Crippen molar-refractivity contribution in [1.82, 2.24) is 5.32 Å². The first-order valence-corrected chi connectivity index (χ1v) is 8.39. The molecule has 23 heavy (non-hydrogen) atoms. The van der Waals surface area contributed by atoms with Gasteiger partial charge in [-0.25, -0.2) is 0 Å². The van der Waals surface area contributed by atoms with Gasteiger partial charge in [-0.1, -0.05) is 67.1 Å². The predicted octanol–water partition coefficient (Wildman–Crippen LogP) is 3.41. The van der Waals surface area contributed by atoms with Gasteiger partial charge in [0.15, 0.2) is 0 Å². The van der Waals surface area contributed by atoms with Crippen molar-refractivity contribution >= 4 is 5.91 Å². The van der Waals surface area contributed by atoms with Crippen molar-refractivity contribution in [3.8, 4) is 0 Å². The van der Waals surface area contributed by atoms with E-state index >= 15 is 0 Å². The van der Waals surface area contributed by atoms with E-state index in [4.69, 9.17) is 5.73 Å². The molecule has 0 aliphatic heterocycles. The summed E-state index contributed by atoms with van der Waals surface area (Å²) in [7, 11) is 0. The Balaban J connectivity index is 1.75. The number of nitrogens with one attached hydrogen (secondary N) is 1. The molecule has 3 nitrogen and oxygen atoms in total. The van der Waals surface area contributed by atoms with Crippen molar-refractivity contribution in [2.24, 2.45) is 11.7 Å². The monoisotopic (exact) mass is 308 g/mol. The molecule has 2 aromatic carbocycles. The molecule has 2 aromatic rings. The first kappa shape index (κ1) is 15.8. The number of carbonyl (C=O) groups excluding carboxylic acids is 1. The number of rotatable bonds is 5. The molecule has 3 N–H and O–H groups in total. The fourth-order valence-corrected chi connectivity index (χ4v) is 3.43. The molecule has 0 unspecified atom stereocenters. The van der Waals surface area contributed by atoms with Crippen LogP contribution >= 0.6 is 0 Å². The number of benzene rings is 2. The van der Waals surface area contributed by atoms with Gasteiger partial charge in [0.25, 0.3) is 0 Å². The Hall–Kier alpha value is -2.13. The van der Waals surface area contributed by atoms with Crippen LogP contribution in [0.25, 0.3) is 0 Å². The van der Waals surface area contributed by atoms with Gasteiger partial charge >= 0.3 is 0 Å². The molecule has 120 valence electrons. The minimum absolute atomic E-state index is 0.0880. The summed E-state index contributed by atoms with van der Waals surface area (Å²) >= 11 is 0. The van der Waals surface area contributed by atoms with Gasteiger partial charge < -0.3 is 11.1 Å². The van der Waals surface area contributed by atoms with Gasteiger partial charge in [-0.05, 0) is 29.9 Å². The van der Waals surface area contributed by atoms with Crippen LogP contribution in [0, 0.1) is 5.92 Å². The second kappa shape index (κ2) is 7.42. The fourth-order valence-electron chi connectivity index (χ4n) is 3.43. The van der Waals surface area contributed by atoms with Crippen LogP contribution in [0.2, 0.25) is 0 Å². The molecule has 1 amide bonds. The molecule has 0 radical (unpaired) electrons. The SMILES string of the molecule is N[C@@H]1CCC[C@H]1CC(=O)NC(c1ccccc1)c1ccccc1. The molecule has 1 fully saturated rings. The Morgan fingerprint density at radius 3 is 2.04 bits per heavy atom. The molecule has 1 saturated carbocycles. The highest BCUT2D eigenvalue weighted by Gasteiger charge is 2.27. The Morgan fingerprint density at radius 1 is 1.00 bits per heavy atom. The summed E-state index contributed by atoms with van der Waals surface area (Å²) in [6, 6.07) is 20.3. The molecule has 0 aromatic heterocycles. The van der Waals surface area contributed by atoms with E-state index in [2.05, 4.69) is 29.6 Å². The van der Waals surface area contributed by atoms with Crippen molar-refractivity contribution < 1.29 is 4.79 Å². The molecule has 0 bridgehead atoms. The molecular formula is C20H24N2O. The maximum atomic E-state index is 12.5. The smallest absolute Gasteiger partial charge is 0.221 e. The highest BCUT2D eigenvalue weighted by Crippen LogP contribution is 2.28. The molecule has 0 spiro atoms. The lowest BCUT2D eigenvalue weighted by Gasteiger charge is -2.22. The van der Waals surface area contributed by atoms with Gasteiger partial charge in [-0.3, -0.25) is 4.79 Å². The number of carbonyl (C=O) groups is 1. The lowest BCUT2D eigenvalue weighted by molar-refractivity contribution is -0.122. The normalized spacial score (nSPS) is 20.6. The number of amides is 1. The third-order valence-corrected chi connectivity index (χ3v) is 4.74. The number of hydrogen-bond acceptors (Lipinski definition) is 2. The van der Waals surface area contributed by atoms with Crippen LogP contribution in [0.3, 0.4) is 0 Å². The van der Waals surface area contributed by atoms with E-state index in [1.165, 1.54) is 0 Å². The van der Waals surface area contributed by atoms with Crippen LogP contribution in [0.1, 0.15) is 42.9 Å². The quantitative estimate of drug-likeness (QED) is 0.889. The summed E-state index contributed by atoms with van der Waals surface area (Å²) in [6.45, 7) is 0. The van der Waals surface area contributed by atoms with Crippen LogP contribution in [0.4, 0.5) is 0 Å². The molecule has 1 aliphatic rings. The second-order valence-corrected chi connectivity index (χ2v) is 6.38. The Kier molecular flexibility index (Phi) is 5.09. The topological polar surface area (TPSA) is 55.1 Å². The zero-order valence-electron chi connectivity index (χ0n) is 13.3. The summed E-state index contributed by atoms with van der Waals surface area (Å²) in [4.78, 5) is 12.5. The van der Waals surface area contributed by atoms with Crippen LogP contribution in [-0.2, 0) is 4.79 Å². The second-order valence-electron chi connectivity index (χ2n) is 6.38. The van der Waals surface area contributed by atoms with Gasteiger partial charge in [0.1, 0.15) is 0 Å². The van der Waals surface area contributed by atoms with E-state index < -0.39 is 0 Å². The predicted molar refractivity (Wildman–Crippen MR) is 92.8 cm³/mol. The van der Waals surface area contributed by atoms with E-state index in [1.807, 2.05) is 36.4 Å². The lowest BCUT2D eigenvalue weighted by Crippen LogP contribution is -2.34. The summed E-state index contributed by atoms with van der Waals surface area (Å²) in [5, 5.41) is 3.20. The lowest BCUT2D eigenvalue weighted by atomic mass is 9.96. The zero-order valence-corrected chi connectivity index (χ0v) is 13.3. The fraction of sp³-hybridized carbons (Fsp3) is 0.350. The summed E-state index contributed by atoms with van der Waals surface area (Å²) in [5.41, 5.74) is 8.30. The first-order chi connectivity index (χ1) is 11.2. The minimum atomic E-state index is -0.109. The average molecular weight is 308 g/mol. The average Bonchev–Trinajstić information content (AvgIpc) is 2.99. The van der Waals surface area contributed by atoms with Crippen LogP contribution < -0.4 is 11.1 Å². The van der Waals surface area contributed by atoms with Gasteiger partial charge in [0, 0.05) is 12.5 Å². The number of nitrogens with two attached hydrogens (primary N) is 1. The van der Waals surface area contributed by atoms with E-state index in [1.54, 1.807) is 0 Å². The molecule has 3 heteroatoms. The van der Waals surface area contributed by atoms with Crippen LogP contribution in [0.15, 0.2) is 60.7 Å². The maximum Gasteiger partial charge on any atom is 0.221 e. The van der Waals surface area contributed by atoms with E-state index in [9.17, 15) is 4.79 Å². The number of hydrogen-bond donors (Lipinski definition) is 2. The molecule has 0 saturated heterocycles. The molecule has 1 aliphatic carbocycles. The van der Waals surface area contributed by atoms with Gasteiger partial charge in [0.2, 0.25) is 5.91 Å². The maximum absolute atomic E-state index is 12.5. The molecule has 2 atom stereocenters. The van der Waals surface area contributed by atoms with E-state index in [0.29, 0.717) is 12.3 Å².